The lowest BCUT2D eigenvalue weighted by Gasteiger charge is -2.41. The third-order valence-electron chi connectivity index (χ3n) is 3.20. The molecule has 1 aliphatic carbocycles. The van der Waals surface area contributed by atoms with Crippen LogP contribution in [0.3, 0.4) is 0 Å². The molecule has 2 heteroatoms. The summed E-state index contributed by atoms with van der Waals surface area (Å²) in [5.74, 6) is 2.78. The number of nitrogens with two attached hydrogens (primary N) is 1. The Labute approximate surface area is 68.7 Å². The van der Waals surface area contributed by atoms with Gasteiger partial charge in [0.2, 0.25) is 0 Å². The zero-order valence-electron chi connectivity index (χ0n) is 7.29. The van der Waals surface area contributed by atoms with Crippen LogP contribution in [0.15, 0.2) is 0 Å². The number of likely N-dealkylation sites (tertiary alicyclic amines) is 1. The van der Waals surface area contributed by atoms with Gasteiger partial charge in [0, 0.05) is 13.1 Å². The quantitative estimate of drug-likeness (QED) is 0.642. The van der Waals surface area contributed by atoms with Gasteiger partial charge in [0.15, 0.2) is 0 Å². The number of hydrogen-bond acceptors (Lipinski definition) is 2. The molecule has 0 spiro atoms. The van der Waals surface area contributed by atoms with Gasteiger partial charge in [-0.1, -0.05) is 0 Å². The Bertz CT molecular complexity index is 136. The SMILES string of the molecule is CN1CC(C(CN)C2CC2)C1. The van der Waals surface area contributed by atoms with Gasteiger partial charge in [0.25, 0.3) is 0 Å². The summed E-state index contributed by atoms with van der Waals surface area (Å²) < 4.78 is 0. The van der Waals surface area contributed by atoms with E-state index in [9.17, 15) is 0 Å². The van der Waals surface area contributed by atoms with Crippen molar-refractivity contribution in [2.75, 3.05) is 26.7 Å². The normalized spacial score (nSPS) is 30.0. The summed E-state index contributed by atoms with van der Waals surface area (Å²) in [6.07, 6.45) is 2.89. The minimum atomic E-state index is 0.853. The second-order valence-electron chi connectivity index (χ2n) is 4.22. The zero-order valence-corrected chi connectivity index (χ0v) is 7.29. The topological polar surface area (TPSA) is 29.3 Å². The molecular formula is C9H18N2. The van der Waals surface area contributed by atoms with Gasteiger partial charge < -0.3 is 10.6 Å². The van der Waals surface area contributed by atoms with Crippen LogP contribution in [0.5, 0.6) is 0 Å². The number of nitrogens with zero attached hydrogens (tertiary/aromatic N) is 1. The molecule has 1 unspecified atom stereocenters. The van der Waals surface area contributed by atoms with Gasteiger partial charge in [-0.2, -0.15) is 0 Å². The summed E-state index contributed by atoms with van der Waals surface area (Å²) in [6, 6.07) is 0. The molecule has 2 N–H and O–H groups in total. The summed E-state index contributed by atoms with van der Waals surface area (Å²) in [7, 11) is 2.19. The monoisotopic (exact) mass is 154 g/mol. The first-order valence-electron chi connectivity index (χ1n) is 4.70. The molecular weight excluding hydrogens is 136 g/mol. The Morgan fingerprint density at radius 3 is 2.36 bits per heavy atom. The first-order valence-corrected chi connectivity index (χ1v) is 4.70. The van der Waals surface area contributed by atoms with Crippen LogP contribution in [0.1, 0.15) is 12.8 Å². The predicted octanol–water partition coefficient (Wildman–Crippen LogP) is 0.533. The number of hydrogen-bond donors (Lipinski definition) is 1. The molecule has 0 aromatic rings. The Morgan fingerprint density at radius 1 is 1.36 bits per heavy atom. The van der Waals surface area contributed by atoms with E-state index in [0.29, 0.717) is 0 Å². The van der Waals surface area contributed by atoms with E-state index in [1.165, 1.54) is 25.9 Å². The van der Waals surface area contributed by atoms with Gasteiger partial charge in [-0.05, 0) is 44.2 Å². The van der Waals surface area contributed by atoms with Gasteiger partial charge in [-0.25, -0.2) is 0 Å². The summed E-state index contributed by atoms with van der Waals surface area (Å²) in [5.41, 5.74) is 5.75. The van der Waals surface area contributed by atoms with Gasteiger partial charge in [0.1, 0.15) is 0 Å². The second kappa shape index (κ2) is 2.76. The van der Waals surface area contributed by atoms with Crippen LogP contribution in [0.4, 0.5) is 0 Å². The molecule has 0 bridgehead atoms. The Hall–Kier alpha value is -0.0800. The molecule has 0 aromatic heterocycles. The summed E-state index contributed by atoms with van der Waals surface area (Å²) in [4.78, 5) is 2.38. The third kappa shape index (κ3) is 1.42. The molecule has 1 aliphatic heterocycles. The maximum absolute atomic E-state index is 5.75. The molecule has 1 saturated carbocycles. The van der Waals surface area contributed by atoms with E-state index in [-0.39, 0.29) is 0 Å². The molecule has 11 heavy (non-hydrogen) atoms. The van der Waals surface area contributed by atoms with Gasteiger partial charge >= 0.3 is 0 Å². The van der Waals surface area contributed by atoms with Crippen LogP contribution in [0, 0.1) is 17.8 Å². The van der Waals surface area contributed by atoms with Crippen LogP contribution < -0.4 is 5.73 Å². The minimum absolute atomic E-state index is 0.853. The second-order valence-corrected chi connectivity index (χ2v) is 4.22. The Balaban J connectivity index is 1.81. The van der Waals surface area contributed by atoms with E-state index < -0.39 is 0 Å². The first-order chi connectivity index (χ1) is 5.31. The zero-order chi connectivity index (χ0) is 7.84. The summed E-state index contributed by atoms with van der Waals surface area (Å²) in [5, 5.41) is 0. The van der Waals surface area contributed by atoms with Crippen molar-refractivity contribution in [1.82, 2.24) is 4.90 Å². The highest BCUT2D eigenvalue weighted by molar-refractivity contribution is 4.92. The third-order valence-corrected chi connectivity index (χ3v) is 3.20. The molecule has 2 rings (SSSR count). The van der Waals surface area contributed by atoms with Crippen LogP contribution in [0.2, 0.25) is 0 Å². The van der Waals surface area contributed by atoms with Gasteiger partial charge in [-0.3, -0.25) is 0 Å². The van der Waals surface area contributed by atoms with Crippen molar-refractivity contribution in [1.29, 1.82) is 0 Å². The molecule has 1 heterocycles. The lowest BCUT2D eigenvalue weighted by atomic mass is 9.83. The van der Waals surface area contributed by atoms with Crippen LogP contribution in [0.25, 0.3) is 0 Å². The summed E-state index contributed by atoms with van der Waals surface area (Å²) >= 11 is 0. The average Bonchev–Trinajstić information content (AvgIpc) is 2.69. The van der Waals surface area contributed by atoms with Crippen molar-refractivity contribution in [3.63, 3.8) is 0 Å². The van der Waals surface area contributed by atoms with Gasteiger partial charge in [0.05, 0.1) is 0 Å². The van der Waals surface area contributed by atoms with Crippen LogP contribution in [-0.2, 0) is 0 Å². The van der Waals surface area contributed by atoms with Crippen molar-refractivity contribution < 1.29 is 0 Å². The maximum atomic E-state index is 5.75. The molecule has 1 atom stereocenters. The fourth-order valence-electron chi connectivity index (χ4n) is 2.31. The highest BCUT2D eigenvalue weighted by atomic mass is 15.2. The Kier molecular flexibility index (Phi) is 1.90. The largest absolute Gasteiger partial charge is 0.330 e. The lowest BCUT2D eigenvalue weighted by molar-refractivity contribution is 0.0765. The van der Waals surface area contributed by atoms with Gasteiger partial charge in [-0.15, -0.1) is 0 Å². The fraction of sp³-hybridized carbons (Fsp3) is 1.00. The van der Waals surface area contributed by atoms with Crippen LogP contribution >= 0.6 is 0 Å². The van der Waals surface area contributed by atoms with E-state index in [0.717, 1.165) is 24.3 Å². The van der Waals surface area contributed by atoms with Crippen LogP contribution in [-0.4, -0.2) is 31.6 Å². The Morgan fingerprint density at radius 2 is 2.00 bits per heavy atom. The smallest absolute Gasteiger partial charge is 0.00222 e. The molecule has 2 aliphatic rings. The van der Waals surface area contributed by atoms with Crippen molar-refractivity contribution in [2.45, 2.75) is 12.8 Å². The molecule has 0 aromatic carbocycles. The number of rotatable bonds is 3. The molecule has 0 amide bonds. The first kappa shape index (κ1) is 7.56. The highest BCUT2D eigenvalue weighted by Crippen LogP contribution is 2.42. The average molecular weight is 154 g/mol. The fourth-order valence-corrected chi connectivity index (χ4v) is 2.31. The van der Waals surface area contributed by atoms with E-state index in [4.69, 9.17) is 5.73 Å². The van der Waals surface area contributed by atoms with E-state index in [1.54, 1.807) is 0 Å². The standard InChI is InChI=1S/C9H18N2/c1-11-5-8(6-11)9(4-10)7-2-3-7/h7-9H,2-6,10H2,1H3. The minimum Gasteiger partial charge on any atom is -0.330 e. The molecule has 2 fully saturated rings. The summed E-state index contributed by atoms with van der Waals surface area (Å²) in [6.45, 7) is 3.50. The van der Waals surface area contributed by atoms with Crippen molar-refractivity contribution >= 4 is 0 Å². The van der Waals surface area contributed by atoms with E-state index in [2.05, 4.69) is 11.9 Å². The van der Waals surface area contributed by atoms with Crippen molar-refractivity contribution in [3.8, 4) is 0 Å². The predicted molar refractivity (Wildman–Crippen MR) is 46.3 cm³/mol. The van der Waals surface area contributed by atoms with E-state index in [1.807, 2.05) is 0 Å². The highest BCUT2D eigenvalue weighted by Gasteiger charge is 2.39. The molecule has 1 saturated heterocycles. The van der Waals surface area contributed by atoms with Crippen molar-refractivity contribution in [2.24, 2.45) is 23.5 Å². The van der Waals surface area contributed by atoms with E-state index >= 15 is 0 Å². The molecule has 0 radical (unpaired) electrons. The van der Waals surface area contributed by atoms with Crippen molar-refractivity contribution in [3.05, 3.63) is 0 Å². The molecule has 2 nitrogen and oxygen atoms in total. The maximum Gasteiger partial charge on any atom is 0.00222 e. The molecule has 64 valence electrons. The lowest BCUT2D eigenvalue weighted by Crippen LogP contribution is -2.49.